The third-order valence-electron chi connectivity index (χ3n) is 3.81. The van der Waals surface area contributed by atoms with E-state index in [2.05, 4.69) is 15.6 Å². The Morgan fingerprint density at radius 3 is 2.96 bits per heavy atom. The van der Waals surface area contributed by atoms with Crippen LogP contribution in [0.15, 0.2) is 47.1 Å². The number of hydrogen-bond acceptors (Lipinski definition) is 5. The topological polar surface area (TPSA) is 91.0 Å². The summed E-state index contributed by atoms with van der Waals surface area (Å²) in [4.78, 5) is 16.5. The zero-order valence-electron chi connectivity index (χ0n) is 12.1. The number of carbonyl (C=O) groups excluding carboxylic acids is 1. The Hall–Kier alpha value is -2.67. The molecule has 1 aliphatic rings. The van der Waals surface area contributed by atoms with E-state index in [1.165, 1.54) is 11.3 Å². The second-order valence-corrected chi connectivity index (χ2v) is 6.47. The number of anilines is 1. The van der Waals surface area contributed by atoms with Gasteiger partial charge in [-0.3, -0.25) is 15.5 Å². The molecule has 3 N–H and O–H groups in total. The molecule has 6 nitrogen and oxygen atoms in total. The standard InChI is InChI=1S/C16H14N4O2S/c17-15(20-16-18-11-4-1-2-6-13(11)23-16)19-14(21)10-8-9(10)12-5-3-7-22-12/h1-7,9-10H,8H2,(H3,17,18,19,20,21)/t9-,10-/m1/s1. The summed E-state index contributed by atoms with van der Waals surface area (Å²) >= 11 is 1.45. The molecule has 1 amide bonds. The maximum atomic E-state index is 12.1. The third-order valence-corrected chi connectivity index (χ3v) is 4.76. The van der Waals surface area contributed by atoms with E-state index in [1.54, 1.807) is 6.26 Å². The highest BCUT2D eigenvalue weighted by Gasteiger charge is 2.46. The number of hydrogen-bond donors (Lipinski definition) is 3. The molecule has 1 aliphatic carbocycles. The van der Waals surface area contributed by atoms with Gasteiger partial charge in [0.05, 0.1) is 16.5 Å². The maximum absolute atomic E-state index is 12.1. The average molecular weight is 326 g/mol. The molecular weight excluding hydrogens is 312 g/mol. The molecular formula is C16H14N4O2S. The predicted octanol–water partition coefficient (Wildman–Crippen LogP) is 3.16. The van der Waals surface area contributed by atoms with Gasteiger partial charge < -0.3 is 9.73 Å². The highest BCUT2D eigenvalue weighted by atomic mass is 32.1. The zero-order chi connectivity index (χ0) is 15.8. The largest absolute Gasteiger partial charge is 0.469 e. The minimum absolute atomic E-state index is 0.0563. The summed E-state index contributed by atoms with van der Waals surface area (Å²) in [6.45, 7) is 0. The Balaban J connectivity index is 1.36. The summed E-state index contributed by atoms with van der Waals surface area (Å²) in [6.07, 6.45) is 2.37. The van der Waals surface area contributed by atoms with E-state index >= 15 is 0 Å². The van der Waals surface area contributed by atoms with E-state index < -0.39 is 0 Å². The SMILES string of the molecule is N=C(NC(=O)[C@@H]1C[C@H]1c1ccco1)Nc1nc2ccccc2s1. The second-order valence-electron chi connectivity index (χ2n) is 5.44. The van der Waals surface area contributed by atoms with Crippen LogP contribution in [0.5, 0.6) is 0 Å². The van der Waals surface area contributed by atoms with Crippen molar-refractivity contribution in [3.63, 3.8) is 0 Å². The summed E-state index contributed by atoms with van der Waals surface area (Å²) in [6, 6.07) is 11.4. The molecule has 23 heavy (non-hydrogen) atoms. The van der Waals surface area contributed by atoms with Crippen LogP contribution < -0.4 is 10.6 Å². The number of amides is 1. The molecule has 7 heteroatoms. The molecule has 2 aromatic heterocycles. The number of carbonyl (C=O) groups is 1. The van der Waals surface area contributed by atoms with Crippen molar-refractivity contribution in [3.05, 3.63) is 48.4 Å². The van der Waals surface area contributed by atoms with Crippen molar-refractivity contribution in [1.82, 2.24) is 10.3 Å². The first-order valence-corrected chi connectivity index (χ1v) is 8.08. The third kappa shape index (κ3) is 2.83. The molecule has 0 radical (unpaired) electrons. The first-order valence-electron chi connectivity index (χ1n) is 7.26. The van der Waals surface area contributed by atoms with Gasteiger partial charge in [-0.05, 0) is 30.7 Å². The van der Waals surface area contributed by atoms with Gasteiger partial charge in [0.25, 0.3) is 0 Å². The molecule has 3 aromatic rings. The minimum atomic E-state index is -0.162. The maximum Gasteiger partial charge on any atom is 0.230 e. The van der Waals surface area contributed by atoms with E-state index in [-0.39, 0.29) is 23.7 Å². The molecule has 1 fully saturated rings. The number of guanidine groups is 1. The number of fused-ring (bicyclic) bond motifs is 1. The van der Waals surface area contributed by atoms with Crippen molar-refractivity contribution in [2.75, 3.05) is 5.32 Å². The van der Waals surface area contributed by atoms with Crippen LogP contribution in [0.4, 0.5) is 5.13 Å². The Bertz CT molecular complexity index is 838. The van der Waals surface area contributed by atoms with E-state index in [4.69, 9.17) is 9.83 Å². The van der Waals surface area contributed by atoms with E-state index in [9.17, 15) is 4.79 Å². The molecule has 2 heterocycles. The molecule has 0 unspecified atom stereocenters. The Kier molecular flexibility index (Phi) is 3.34. The van der Waals surface area contributed by atoms with Gasteiger partial charge in [-0.1, -0.05) is 23.5 Å². The van der Waals surface area contributed by atoms with Crippen molar-refractivity contribution in [1.29, 1.82) is 5.41 Å². The number of furan rings is 1. The van der Waals surface area contributed by atoms with Gasteiger partial charge in [-0.25, -0.2) is 4.98 Å². The summed E-state index contributed by atoms with van der Waals surface area (Å²) in [7, 11) is 0. The van der Waals surface area contributed by atoms with Gasteiger partial charge in [-0.15, -0.1) is 0 Å². The van der Waals surface area contributed by atoms with Crippen molar-refractivity contribution in [2.24, 2.45) is 5.92 Å². The highest BCUT2D eigenvalue weighted by molar-refractivity contribution is 7.22. The molecule has 0 saturated heterocycles. The number of para-hydroxylation sites is 1. The Morgan fingerprint density at radius 2 is 2.17 bits per heavy atom. The highest BCUT2D eigenvalue weighted by Crippen LogP contribution is 2.47. The second kappa shape index (κ2) is 5.51. The lowest BCUT2D eigenvalue weighted by molar-refractivity contribution is -0.121. The van der Waals surface area contributed by atoms with Crippen LogP contribution in [0, 0.1) is 11.3 Å². The first-order chi connectivity index (χ1) is 11.2. The van der Waals surface area contributed by atoms with Gasteiger partial charge in [0.2, 0.25) is 11.9 Å². The molecule has 0 spiro atoms. The van der Waals surface area contributed by atoms with E-state index in [0.29, 0.717) is 5.13 Å². The summed E-state index contributed by atoms with van der Waals surface area (Å²) in [5.41, 5.74) is 0.874. The zero-order valence-corrected chi connectivity index (χ0v) is 12.9. The first kappa shape index (κ1) is 14.0. The van der Waals surface area contributed by atoms with Crippen LogP contribution in [0.2, 0.25) is 0 Å². The van der Waals surface area contributed by atoms with Crippen LogP contribution in [0.25, 0.3) is 10.2 Å². The fourth-order valence-corrected chi connectivity index (χ4v) is 3.45. The summed E-state index contributed by atoms with van der Waals surface area (Å²) in [5.74, 6) is 0.610. The minimum Gasteiger partial charge on any atom is -0.469 e. The number of nitrogens with zero attached hydrogens (tertiary/aromatic N) is 1. The Morgan fingerprint density at radius 1 is 1.30 bits per heavy atom. The van der Waals surface area contributed by atoms with Crippen LogP contribution in [0.1, 0.15) is 18.1 Å². The molecule has 2 atom stereocenters. The molecule has 116 valence electrons. The van der Waals surface area contributed by atoms with Gasteiger partial charge in [0.1, 0.15) is 5.76 Å². The summed E-state index contributed by atoms with van der Waals surface area (Å²) < 4.78 is 6.35. The number of aromatic nitrogens is 1. The molecule has 0 aliphatic heterocycles. The number of thiazole rings is 1. The Labute approximate surface area is 136 Å². The monoisotopic (exact) mass is 326 g/mol. The molecule has 1 saturated carbocycles. The van der Waals surface area contributed by atoms with Crippen molar-refractivity contribution >= 4 is 38.6 Å². The van der Waals surface area contributed by atoms with Crippen molar-refractivity contribution in [3.8, 4) is 0 Å². The quantitative estimate of drug-likeness (QED) is 0.509. The fourth-order valence-electron chi connectivity index (χ4n) is 2.58. The average Bonchev–Trinajstić information content (AvgIpc) is 2.95. The van der Waals surface area contributed by atoms with Crippen molar-refractivity contribution in [2.45, 2.75) is 12.3 Å². The number of benzene rings is 1. The number of rotatable bonds is 3. The van der Waals surface area contributed by atoms with E-state index in [1.807, 2.05) is 36.4 Å². The van der Waals surface area contributed by atoms with Gasteiger partial charge in [-0.2, -0.15) is 0 Å². The van der Waals surface area contributed by atoms with Gasteiger partial charge >= 0.3 is 0 Å². The lowest BCUT2D eigenvalue weighted by Crippen LogP contribution is -2.36. The van der Waals surface area contributed by atoms with Crippen molar-refractivity contribution < 1.29 is 9.21 Å². The summed E-state index contributed by atoms with van der Waals surface area (Å²) in [5, 5.41) is 13.9. The van der Waals surface area contributed by atoms with Crippen LogP contribution >= 0.6 is 11.3 Å². The fraction of sp³-hybridized carbons (Fsp3) is 0.188. The number of nitrogens with one attached hydrogen (secondary N) is 3. The predicted molar refractivity (Wildman–Crippen MR) is 88.7 cm³/mol. The van der Waals surface area contributed by atoms with Gasteiger partial charge in [0, 0.05) is 11.8 Å². The normalized spacial score (nSPS) is 19.5. The van der Waals surface area contributed by atoms with Crippen LogP contribution in [-0.4, -0.2) is 16.9 Å². The van der Waals surface area contributed by atoms with Gasteiger partial charge in [0.15, 0.2) is 5.13 Å². The lowest BCUT2D eigenvalue weighted by Gasteiger charge is -2.06. The van der Waals surface area contributed by atoms with Crippen LogP contribution in [0.3, 0.4) is 0 Å². The van der Waals surface area contributed by atoms with E-state index in [0.717, 1.165) is 22.4 Å². The molecule has 1 aromatic carbocycles. The molecule has 4 rings (SSSR count). The smallest absolute Gasteiger partial charge is 0.230 e. The lowest BCUT2D eigenvalue weighted by atomic mass is 10.2. The van der Waals surface area contributed by atoms with Crippen LogP contribution in [-0.2, 0) is 4.79 Å². The molecule has 0 bridgehead atoms.